The Kier molecular flexibility index (Phi) is 4.72. The van der Waals surface area contributed by atoms with Crippen LogP contribution in [0.1, 0.15) is 15.9 Å². The Hall–Kier alpha value is -2.78. The van der Waals surface area contributed by atoms with Crippen molar-refractivity contribution in [2.45, 2.75) is 5.75 Å². The van der Waals surface area contributed by atoms with E-state index in [-0.39, 0.29) is 17.0 Å². The highest BCUT2D eigenvalue weighted by Crippen LogP contribution is 2.16. The third-order valence-corrected chi connectivity index (χ3v) is 3.63. The van der Waals surface area contributed by atoms with E-state index >= 15 is 0 Å². The summed E-state index contributed by atoms with van der Waals surface area (Å²) in [5, 5.41) is 18.2. The quantitative estimate of drug-likeness (QED) is 0.633. The van der Waals surface area contributed by atoms with E-state index < -0.39 is 20.9 Å². The number of anilines is 1. The second kappa shape index (κ2) is 6.55. The molecule has 0 heterocycles. The normalized spacial score (nSPS) is 11.0. The maximum atomic E-state index is 12.1. The molecule has 0 radical (unpaired) electrons. The molecule has 0 saturated carbocycles. The average Bonchev–Trinajstić information content (AvgIpc) is 2.48. The highest BCUT2D eigenvalue weighted by Gasteiger charge is 2.12. The molecule has 2 rings (SSSR count). The highest BCUT2D eigenvalue weighted by molar-refractivity contribution is 7.88. The van der Waals surface area contributed by atoms with Crippen LogP contribution < -0.4 is 10.5 Å². The Labute approximate surface area is 132 Å². The number of nitrogens with zero attached hydrogens (tertiary/aromatic N) is 1. The standard InChI is InChI=1S/C14H13N3O5S/c15-23(21,22)9-10-4-6-12(7-5-10)16-14(18)11-2-1-3-13(8-11)17(19)20/h1-8H,9H2,(H,16,18)(H2,15,21,22). The first-order chi connectivity index (χ1) is 10.7. The molecule has 3 N–H and O–H groups in total. The maximum Gasteiger partial charge on any atom is 0.270 e. The number of carbonyl (C=O) groups is 1. The fourth-order valence-electron chi connectivity index (χ4n) is 1.88. The number of nitro groups is 1. The minimum atomic E-state index is -3.62. The van der Waals surface area contributed by atoms with Crippen LogP contribution in [0.4, 0.5) is 11.4 Å². The number of sulfonamides is 1. The van der Waals surface area contributed by atoms with E-state index in [4.69, 9.17) is 5.14 Å². The Morgan fingerprint density at radius 2 is 1.83 bits per heavy atom. The SMILES string of the molecule is NS(=O)(=O)Cc1ccc(NC(=O)c2cccc([N+](=O)[O-])c2)cc1. The number of non-ortho nitro benzene ring substituents is 1. The van der Waals surface area contributed by atoms with Gasteiger partial charge in [0.2, 0.25) is 10.0 Å². The van der Waals surface area contributed by atoms with Crippen LogP contribution in [0.25, 0.3) is 0 Å². The largest absolute Gasteiger partial charge is 0.322 e. The van der Waals surface area contributed by atoms with E-state index in [9.17, 15) is 23.3 Å². The second-order valence-corrected chi connectivity index (χ2v) is 6.38. The van der Waals surface area contributed by atoms with Gasteiger partial charge in [-0.15, -0.1) is 0 Å². The van der Waals surface area contributed by atoms with Gasteiger partial charge >= 0.3 is 0 Å². The summed E-state index contributed by atoms with van der Waals surface area (Å²) in [6.07, 6.45) is 0. The van der Waals surface area contributed by atoms with Gasteiger partial charge in [-0.2, -0.15) is 0 Å². The van der Waals surface area contributed by atoms with Crippen molar-refractivity contribution >= 4 is 27.3 Å². The number of nitro benzene ring substituents is 1. The summed E-state index contributed by atoms with van der Waals surface area (Å²) in [7, 11) is -3.62. The molecule has 0 atom stereocenters. The van der Waals surface area contributed by atoms with Gasteiger partial charge in [-0.3, -0.25) is 14.9 Å². The molecule has 0 aromatic heterocycles. The van der Waals surface area contributed by atoms with Crippen LogP contribution in [0.5, 0.6) is 0 Å². The van der Waals surface area contributed by atoms with Gasteiger partial charge in [-0.05, 0) is 23.8 Å². The van der Waals surface area contributed by atoms with Gasteiger partial charge < -0.3 is 5.32 Å². The van der Waals surface area contributed by atoms with E-state index in [0.717, 1.165) is 0 Å². The Morgan fingerprint density at radius 3 is 2.39 bits per heavy atom. The lowest BCUT2D eigenvalue weighted by molar-refractivity contribution is -0.384. The molecule has 0 bridgehead atoms. The van der Waals surface area contributed by atoms with E-state index in [1.54, 1.807) is 0 Å². The molecule has 0 saturated heterocycles. The van der Waals surface area contributed by atoms with Gasteiger partial charge in [-0.25, -0.2) is 13.6 Å². The number of amides is 1. The molecule has 0 aliphatic carbocycles. The first-order valence-electron chi connectivity index (χ1n) is 6.40. The van der Waals surface area contributed by atoms with E-state index in [1.807, 2.05) is 0 Å². The lowest BCUT2D eigenvalue weighted by Crippen LogP contribution is -2.15. The predicted molar refractivity (Wildman–Crippen MR) is 84.3 cm³/mol. The zero-order valence-corrected chi connectivity index (χ0v) is 12.6. The molecular formula is C14H13N3O5S. The van der Waals surface area contributed by atoms with Crippen molar-refractivity contribution in [2.24, 2.45) is 5.14 Å². The van der Waals surface area contributed by atoms with E-state index in [2.05, 4.69) is 5.32 Å². The van der Waals surface area contributed by atoms with Crippen LogP contribution in [0.3, 0.4) is 0 Å². The Balaban J connectivity index is 2.11. The molecule has 0 fully saturated rings. The number of benzene rings is 2. The first-order valence-corrected chi connectivity index (χ1v) is 8.11. The number of primary sulfonamides is 1. The van der Waals surface area contributed by atoms with Gasteiger partial charge in [0, 0.05) is 23.4 Å². The van der Waals surface area contributed by atoms with Crippen molar-refractivity contribution in [3.63, 3.8) is 0 Å². The maximum absolute atomic E-state index is 12.1. The first kappa shape index (κ1) is 16.6. The molecule has 0 aliphatic heterocycles. The molecule has 9 heteroatoms. The fraction of sp³-hybridized carbons (Fsp3) is 0.0714. The molecule has 8 nitrogen and oxygen atoms in total. The number of rotatable bonds is 5. The lowest BCUT2D eigenvalue weighted by Gasteiger charge is -2.06. The summed E-state index contributed by atoms with van der Waals surface area (Å²) in [5.74, 6) is -0.806. The topological polar surface area (TPSA) is 132 Å². The monoisotopic (exact) mass is 335 g/mol. The third kappa shape index (κ3) is 4.87. The number of carbonyl (C=O) groups excluding carboxylic acids is 1. The van der Waals surface area contributed by atoms with Crippen LogP contribution in [0.2, 0.25) is 0 Å². The zero-order valence-electron chi connectivity index (χ0n) is 11.8. The van der Waals surface area contributed by atoms with Crippen molar-refractivity contribution in [1.29, 1.82) is 0 Å². The summed E-state index contributed by atoms with van der Waals surface area (Å²) >= 11 is 0. The predicted octanol–water partition coefficient (Wildman–Crippen LogP) is 1.64. The second-order valence-electron chi connectivity index (χ2n) is 4.77. The molecule has 23 heavy (non-hydrogen) atoms. The highest BCUT2D eigenvalue weighted by atomic mass is 32.2. The molecule has 0 unspecified atom stereocenters. The molecular weight excluding hydrogens is 322 g/mol. The van der Waals surface area contributed by atoms with Gasteiger partial charge in [0.15, 0.2) is 0 Å². The van der Waals surface area contributed by atoms with Crippen LogP contribution in [-0.2, 0) is 15.8 Å². The number of hydrogen-bond donors (Lipinski definition) is 2. The zero-order chi connectivity index (χ0) is 17.0. The smallest absolute Gasteiger partial charge is 0.270 e. The molecule has 2 aromatic carbocycles. The Bertz CT molecular complexity index is 847. The lowest BCUT2D eigenvalue weighted by atomic mass is 10.1. The van der Waals surface area contributed by atoms with Crippen LogP contribution in [0, 0.1) is 10.1 Å². The van der Waals surface area contributed by atoms with Gasteiger partial charge in [-0.1, -0.05) is 18.2 Å². The van der Waals surface area contributed by atoms with Crippen molar-refractivity contribution < 1.29 is 18.1 Å². The number of nitrogens with one attached hydrogen (secondary N) is 1. The van der Waals surface area contributed by atoms with Gasteiger partial charge in [0.1, 0.15) is 0 Å². The van der Waals surface area contributed by atoms with Crippen LogP contribution >= 0.6 is 0 Å². The van der Waals surface area contributed by atoms with Gasteiger partial charge in [0.05, 0.1) is 10.7 Å². The van der Waals surface area contributed by atoms with Crippen LogP contribution in [0.15, 0.2) is 48.5 Å². The summed E-state index contributed by atoms with van der Waals surface area (Å²) in [5.41, 5.74) is 0.884. The number of nitrogens with two attached hydrogens (primary N) is 1. The Morgan fingerprint density at radius 1 is 1.17 bits per heavy atom. The molecule has 0 spiro atoms. The minimum absolute atomic E-state index is 0.146. The van der Waals surface area contributed by atoms with Gasteiger partial charge in [0.25, 0.3) is 11.6 Å². The fourth-order valence-corrected chi connectivity index (χ4v) is 2.54. The van der Waals surface area contributed by atoms with E-state index in [0.29, 0.717) is 11.3 Å². The van der Waals surface area contributed by atoms with Crippen molar-refractivity contribution in [1.82, 2.24) is 0 Å². The third-order valence-electron chi connectivity index (χ3n) is 2.90. The molecule has 120 valence electrons. The summed E-state index contributed by atoms with van der Waals surface area (Å²) in [6.45, 7) is 0. The van der Waals surface area contributed by atoms with Crippen molar-refractivity contribution in [3.05, 3.63) is 69.8 Å². The molecule has 1 amide bonds. The van der Waals surface area contributed by atoms with Crippen molar-refractivity contribution in [3.8, 4) is 0 Å². The summed E-state index contributed by atoms with van der Waals surface area (Å²) in [6, 6.07) is 11.4. The summed E-state index contributed by atoms with van der Waals surface area (Å²) in [4.78, 5) is 22.2. The van der Waals surface area contributed by atoms with Crippen LogP contribution in [-0.4, -0.2) is 19.2 Å². The molecule has 2 aromatic rings. The van der Waals surface area contributed by atoms with E-state index in [1.165, 1.54) is 48.5 Å². The average molecular weight is 335 g/mol. The molecule has 0 aliphatic rings. The summed E-state index contributed by atoms with van der Waals surface area (Å²) < 4.78 is 22.0. The minimum Gasteiger partial charge on any atom is -0.322 e. The van der Waals surface area contributed by atoms with Crippen molar-refractivity contribution in [2.75, 3.05) is 5.32 Å². The number of hydrogen-bond acceptors (Lipinski definition) is 5.